The molecule has 162 valence electrons. The standard InChI is InChI=1S/C18H34N4O6/c1-17(2,3)27-15(25)21-11-8-13(23)19-9-7-10-20-14(24)12-22-16(26)28-18(4,5)6/h7-12H2,1-6H3,(H,19,23)(H,20,24)(H,21,25)(H,22,26). The van der Waals surface area contributed by atoms with Crippen molar-refractivity contribution in [1.29, 1.82) is 0 Å². The molecule has 0 fully saturated rings. The summed E-state index contributed by atoms with van der Waals surface area (Å²) in [5.74, 6) is -0.562. The molecule has 0 aliphatic heterocycles. The van der Waals surface area contributed by atoms with Gasteiger partial charge in [0.25, 0.3) is 0 Å². The summed E-state index contributed by atoms with van der Waals surface area (Å²) < 4.78 is 10.1. The van der Waals surface area contributed by atoms with Gasteiger partial charge in [-0.2, -0.15) is 0 Å². The van der Waals surface area contributed by atoms with E-state index in [0.717, 1.165) is 0 Å². The number of rotatable bonds is 9. The Morgan fingerprint density at radius 3 is 1.61 bits per heavy atom. The molecule has 0 saturated heterocycles. The Balaban J connectivity index is 3.69. The summed E-state index contributed by atoms with van der Waals surface area (Å²) in [6, 6.07) is 0. The van der Waals surface area contributed by atoms with Crippen LogP contribution in [-0.4, -0.2) is 61.4 Å². The molecule has 10 nitrogen and oxygen atoms in total. The molecule has 10 heteroatoms. The van der Waals surface area contributed by atoms with Crippen LogP contribution in [0, 0.1) is 0 Å². The number of amides is 4. The molecule has 0 aliphatic carbocycles. The first-order valence-electron chi connectivity index (χ1n) is 9.25. The van der Waals surface area contributed by atoms with E-state index in [-0.39, 0.29) is 31.3 Å². The Hall–Kier alpha value is -2.52. The molecular formula is C18H34N4O6. The van der Waals surface area contributed by atoms with Gasteiger partial charge < -0.3 is 30.7 Å². The Morgan fingerprint density at radius 1 is 0.643 bits per heavy atom. The molecule has 4 N–H and O–H groups in total. The molecular weight excluding hydrogens is 368 g/mol. The molecule has 28 heavy (non-hydrogen) atoms. The van der Waals surface area contributed by atoms with Crippen LogP contribution in [0.2, 0.25) is 0 Å². The Morgan fingerprint density at radius 2 is 1.11 bits per heavy atom. The Kier molecular flexibility index (Phi) is 11.0. The van der Waals surface area contributed by atoms with Gasteiger partial charge in [-0.25, -0.2) is 9.59 Å². The number of carbonyl (C=O) groups is 4. The average Bonchev–Trinajstić information content (AvgIpc) is 2.49. The minimum atomic E-state index is -0.657. The number of alkyl carbamates (subject to hydrolysis) is 2. The molecule has 0 aromatic carbocycles. The predicted octanol–water partition coefficient (Wildman–Crippen LogP) is 1.05. The third-order valence-corrected chi connectivity index (χ3v) is 2.81. The average molecular weight is 402 g/mol. The lowest BCUT2D eigenvalue weighted by Crippen LogP contribution is -2.40. The van der Waals surface area contributed by atoms with Crippen molar-refractivity contribution in [2.75, 3.05) is 26.2 Å². The second-order valence-electron chi connectivity index (χ2n) is 8.09. The lowest BCUT2D eigenvalue weighted by Gasteiger charge is -2.19. The van der Waals surface area contributed by atoms with Gasteiger partial charge in [0.05, 0.1) is 6.54 Å². The topological polar surface area (TPSA) is 135 Å². The number of carbonyl (C=O) groups excluding carboxylic acids is 4. The van der Waals surface area contributed by atoms with Gasteiger partial charge in [0.2, 0.25) is 11.8 Å². The van der Waals surface area contributed by atoms with Crippen molar-refractivity contribution >= 4 is 24.0 Å². The highest BCUT2D eigenvalue weighted by Crippen LogP contribution is 2.06. The molecule has 0 aliphatic rings. The third kappa shape index (κ3) is 16.9. The summed E-state index contributed by atoms with van der Waals surface area (Å²) >= 11 is 0. The highest BCUT2D eigenvalue weighted by molar-refractivity contribution is 5.82. The van der Waals surface area contributed by atoms with Gasteiger partial charge in [0.15, 0.2) is 0 Å². The first kappa shape index (κ1) is 25.5. The zero-order valence-corrected chi connectivity index (χ0v) is 17.7. The van der Waals surface area contributed by atoms with Crippen molar-refractivity contribution in [3.8, 4) is 0 Å². The lowest BCUT2D eigenvalue weighted by atomic mass is 10.2. The molecule has 0 radical (unpaired) electrons. The molecule has 0 spiro atoms. The van der Waals surface area contributed by atoms with Crippen LogP contribution in [0.1, 0.15) is 54.4 Å². The number of hydrogen-bond donors (Lipinski definition) is 4. The minimum absolute atomic E-state index is 0.130. The maximum atomic E-state index is 11.6. The minimum Gasteiger partial charge on any atom is -0.444 e. The van der Waals surface area contributed by atoms with Crippen molar-refractivity contribution in [3.05, 3.63) is 0 Å². The highest BCUT2D eigenvalue weighted by Gasteiger charge is 2.17. The van der Waals surface area contributed by atoms with Crippen LogP contribution >= 0.6 is 0 Å². The smallest absolute Gasteiger partial charge is 0.408 e. The van der Waals surface area contributed by atoms with Gasteiger partial charge >= 0.3 is 12.2 Å². The molecule has 0 rings (SSSR count). The third-order valence-electron chi connectivity index (χ3n) is 2.81. The maximum Gasteiger partial charge on any atom is 0.408 e. The van der Waals surface area contributed by atoms with E-state index in [4.69, 9.17) is 9.47 Å². The molecule has 0 heterocycles. The zero-order valence-electron chi connectivity index (χ0n) is 17.7. The van der Waals surface area contributed by atoms with E-state index < -0.39 is 23.4 Å². The first-order valence-corrected chi connectivity index (χ1v) is 9.25. The van der Waals surface area contributed by atoms with Crippen molar-refractivity contribution in [1.82, 2.24) is 21.3 Å². The van der Waals surface area contributed by atoms with Crippen LogP contribution in [0.3, 0.4) is 0 Å². The fourth-order valence-electron chi connectivity index (χ4n) is 1.75. The number of ether oxygens (including phenoxy) is 2. The van der Waals surface area contributed by atoms with Gasteiger partial charge in [-0.15, -0.1) is 0 Å². The second kappa shape index (κ2) is 12.0. The number of hydrogen-bond acceptors (Lipinski definition) is 6. The highest BCUT2D eigenvalue weighted by atomic mass is 16.6. The molecule has 0 saturated carbocycles. The van der Waals surface area contributed by atoms with Crippen molar-refractivity contribution in [2.24, 2.45) is 0 Å². The normalized spacial score (nSPS) is 11.2. The zero-order chi connectivity index (χ0) is 21.8. The van der Waals surface area contributed by atoms with Crippen LogP contribution in [0.5, 0.6) is 0 Å². The quantitative estimate of drug-likeness (QED) is 0.426. The summed E-state index contributed by atoms with van der Waals surface area (Å²) in [6.45, 7) is 11.2. The molecule has 4 amide bonds. The molecule has 0 atom stereocenters. The monoisotopic (exact) mass is 402 g/mol. The van der Waals surface area contributed by atoms with Crippen molar-refractivity contribution in [3.63, 3.8) is 0 Å². The molecule has 0 aromatic heterocycles. The lowest BCUT2D eigenvalue weighted by molar-refractivity contribution is -0.121. The maximum absolute atomic E-state index is 11.6. The SMILES string of the molecule is CC(C)(C)OC(=O)NCCC(=O)NCCCNC(=O)CNC(=O)OC(C)(C)C. The van der Waals surface area contributed by atoms with Gasteiger partial charge in [-0.1, -0.05) is 0 Å². The second-order valence-corrected chi connectivity index (χ2v) is 8.09. The summed E-state index contributed by atoms with van der Waals surface area (Å²) in [7, 11) is 0. The van der Waals surface area contributed by atoms with Crippen LogP contribution in [-0.2, 0) is 19.1 Å². The van der Waals surface area contributed by atoms with E-state index in [1.807, 2.05) is 0 Å². The van der Waals surface area contributed by atoms with E-state index in [2.05, 4.69) is 21.3 Å². The Labute approximate surface area is 166 Å². The van der Waals surface area contributed by atoms with Crippen molar-refractivity contribution < 1.29 is 28.7 Å². The van der Waals surface area contributed by atoms with Crippen LogP contribution < -0.4 is 21.3 Å². The summed E-state index contributed by atoms with van der Waals surface area (Å²) in [5.41, 5.74) is -1.21. The van der Waals surface area contributed by atoms with E-state index in [1.165, 1.54) is 0 Å². The first-order chi connectivity index (χ1) is 12.8. The predicted molar refractivity (Wildman–Crippen MR) is 104 cm³/mol. The van der Waals surface area contributed by atoms with Gasteiger partial charge in [0.1, 0.15) is 11.2 Å². The van der Waals surface area contributed by atoms with E-state index in [0.29, 0.717) is 19.5 Å². The summed E-state index contributed by atoms with van der Waals surface area (Å²) in [5, 5.41) is 10.2. The molecule has 0 unspecified atom stereocenters. The largest absolute Gasteiger partial charge is 0.444 e. The van der Waals surface area contributed by atoms with Gasteiger partial charge in [0, 0.05) is 26.1 Å². The molecule has 0 aromatic rings. The fourth-order valence-corrected chi connectivity index (χ4v) is 1.75. The van der Waals surface area contributed by atoms with E-state index in [1.54, 1.807) is 41.5 Å². The van der Waals surface area contributed by atoms with Crippen molar-refractivity contribution in [2.45, 2.75) is 65.6 Å². The number of nitrogens with one attached hydrogen (secondary N) is 4. The summed E-state index contributed by atoms with van der Waals surface area (Å²) in [4.78, 5) is 46.1. The van der Waals surface area contributed by atoms with E-state index in [9.17, 15) is 19.2 Å². The fraction of sp³-hybridized carbons (Fsp3) is 0.778. The Bertz CT molecular complexity index is 537. The molecule has 0 bridgehead atoms. The van der Waals surface area contributed by atoms with Crippen LogP contribution in [0.25, 0.3) is 0 Å². The van der Waals surface area contributed by atoms with E-state index >= 15 is 0 Å². The summed E-state index contributed by atoms with van der Waals surface area (Å²) in [6.07, 6.45) is -0.563. The van der Waals surface area contributed by atoms with Gasteiger partial charge in [-0.3, -0.25) is 9.59 Å². The van der Waals surface area contributed by atoms with Crippen LogP contribution in [0.4, 0.5) is 9.59 Å². The van der Waals surface area contributed by atoms with Crippen LogP contribution in [0.15, 0.2) is 0 Å². The van der Waals surface area contributed by atoms with Gasteiger partial charge in [-0.05, 0) is 48.0 Å².